The van der Waals surface area contributed by atoms with Gasteiger partial charge >= 0.3 is 6.03 Å². The molecule has 2 aromatic rings. The molecule has 2 amide bonds. The first-order valence-corrected chi connectivity index (χ1v) is 10.9. The molecule has 0 atom stereocenters. The minimum atomic E-state index is -4.07. The maximum absolute atomic E-state index is 13.2. The maximum atomic E-state index is 13.2. The van der Waals surface area contributed by atoms with Crippen molar-refractivity contribution in [3.05, 3.63) is 48.0 Å². The summed E-state index contributed by atoms with van der Waals surface area (Å²) in [5.74, 6) is 0.373. The highest BCUT2D eigenvalue weighted by Crippen LogP contribution is 2.38. The van der Waals surface area contributed by atoms with E-state index in [4.69, 9.17) is 4.74 Å². The van der Waals surface area contributed by atoms with E-state index in [1.165, 1.54) is 30.1 Å². The van der Waals surface area contributed by atoms with Crippen molar-refractivity contribution < 1.29 is 23.1 Å². The van der Waals surface area contributed by atoms with E-state index in [2.05, 4.69) is 6.92 Å². The summed E-state index contributed by atoms with van der Waals surface area (Å²) < 4.78 is 32.8. The average Bonchev–Trinajstić information content (AvgIpc) is 2.65. The second-order valence-electron chi connectivity index (χ2n) is 7.76. The summed E-state index contributed by atoms with van der Waals surface area (Å²) in [4.78, 5) is 14.2. The van der Waals surface area contributed by atoms with Crippen LogP contribution in [0.2, 0.25) is 0 Å². The molecule has 1 N–H and O–H groups in total. The number of aryl methyl sites for hydroxylation is 1. The highest BCUT2D eigenvalue weighted by atomic mass is 32.2. The zero-order chi connectivity index (χ0) is 21.4. The van der Waals surface area contributed by atoms with Crippen LogP contribution in [-0.4, -0.2) is 38.8 Å². The third kappa shape index (κ3) is 4.23. The Hall–Kier alpha value is -2.58. The Morgan fingerprint density at radius 1 is 1.10 bits per heavy atom. The molecular weight excluding hydrogens is 392 g/mol. The van der Waals surface area contributed by atoms with E-state index in [1.54, 1.807) is 26.0 Å². The summed E-state index contributed by atoms with van der Waals surface area (Å²) in [7, 11) is -2.54. The van der Waals surface area contributed by atoms with Crippen LogP contribution in [0.3, 0.4) is 0 Å². The zero-order valence-electron chi connectivity index (χ0n) is 17.0. The van der Waals surface area contributed by atoms with E-state index in [9.17, 15) is 18.3 Å². The van der Waals surface area contributed by atoms with Gasteiger partial charge in [0.25, 0.3) is 10.0 Å². The van der Waals surface area contributed by atoms with Crippen LogP contribution in [0, 0.1) is 0 Å². The molecule has 0 saturated heterocycles. The summed E-state index contributed by atoms with van der Waals surface area (Å²) in [5, 5.41) is 9.82. The van der Waals surface area contributed by atoms with Crippen molar-refractivity contribution in [1.29, 1.82) is 0 Å². The molecule has 8 heteroatoms. The first-order valence-electron chi connectivity index (χ1n) is 9.46. The van der Waals surface area contributed by atoms with Gasteiger partial charge < -0.3 is 9.84 Å². The number of amides is 2. The first kappa shape index (κ1) is 21.1. The number of carbonyl (C=O) groups excluding carboxylic acids is 1. The highest BCUT2D eigenvalue weighted by molar-refractivity contribution is 7.94. The molecule has 0 aliphatic carbocycles. The third-order valence-electron chi connectivity index (χ3n) is 4.57. The molecule has 0 aromatic heterocycles. The fourth-order valence-electron chi connectivity index (χ4n) is 3.10. The monoisotopic (exact) mass is 418 g/mol. The van der Waals surface area contributed by atoms with E-state index < -0.39 is 21.7 Å². The van der Waals surface area contributed by atoms with Crippen molar-refractivity contribution in [3.63, 3.8) is 0 Å². The van der Waals surface area contributed by atoms with Crippen LogP contribution in [0.4, 0.5) is 16.2 Å². The van der Waals surface area contributed by atoms with Gasteiger partial charge in [0.2, 0.25) is 0 Å². The van der Waals surface area contributed by atoms with Gasteiger partial charge in [0.15, 0.2) is 0 Å². The molecular formula is C21H26N2O5S. The van der Waals surface area contributed by atoms with Gasteiger partial charge in [-0.2, -0.15) is 4.31 Å². The Balaban J connectivity index is 1.99. The average molecular weight is 419 g/mol. The predicted molar refractivity (Wildman–Crippen MR) is 112 cm³/mol. The van der Waals surface area contributed by atoms with E-state index >= 15 is 0 Å². The molecule has 1 aliphatic rings. The smallest absolute Gasteiger partial charge is 0.342 e. The number of ether oxygens (including phenoxy) is 1. The Kier molecular flexibility index (Phi) is 5.60. The van der Waals surface area contributed by atoms with Gasteiger partial charge in [0.05, 0.1) is 17.0 Å². The highest BCUT2D eigenvalue weighted by Gasteiger charge is 2.41. The second kappa shape index (κ2) is 7.68. The second-order valence-corrected chi connectivity index (χ2v) is 9.51. The molecule has 0 fully saturated rings. The molecule has 29 heavy (non-hydrogen) atoms. The van der Waals surface area contributed by atoms with Crippen LogP contribution in [-0.2, 0) is 16.4 Å². The van der Waals surface area contributed by atoms with Gasteiger partial charge in [0.1, 0.15) is 17.3 Å². The number of rotatable bonds is 6. The first-order chi connectivity index (χ1) is 13.5. The Labute approximate surface area is 171 Å². The largest absolute Gasteiger partial charge is 0.491 e. The number of fused-ring (bicyclic) bond motifs is 1. The number of anilines is 2. The molecule has 3 rings (SSSR count). The van der Waals surface area contributed by atoms with E-state index in [-0.39, 0.29) is 17.2 Å². The lowest BCUT2D eigenvalue weighted by molar-refractivity contribution is 0.0285. The number of sulfonamides is 1. The number of carbonyl (C=O) groups is 1. The third-order valence-corrected chi connectivity index (χ3v) is 6.32. The van der Waals surface area contributed by atoms with Gasteiger partial charge in [-0.05, 0) is 50.1 Å². The predicted octanol–water partition coefficient (Wildman–Crippen LogP) is 3.55. The molecule has 7 nitrogen and oxygen atoms in total. The summed E-state index contributed by atoms with van der Waals surface area (Å²) in [6.07, 6.45) is 1.87. The van der Waals surface area contributed by atoms with E-state index in [1.807, 2.05) is 12.1 Å². The summed E-state index contributed by atoms with van der Waals surface area (Å²) >= 11 is 0. The Morgan fingerprint density at radius 3 is 2.34 bits per heavy atom. The van der Waals surface area contributed by atoms with Crippen molar-refractivity contribution >= 4 is 27.4 Å². The van der Waals surface area contributed by atoms with Crippen molar-refractivity contribution in [2.75, 3.05) is 22.9 Å². The lowest BCUT2D eigenvalue weighted by Gasteiger charge is -2.34. The van der Waals surface area contributed by atoms with Gasteiger partial charge in [-0.1, -0.05) is 25.5 Å². The van der Waals surface area contributed by atoms with Crippen LogP contribution in [0.5, 0.6) is 5.75 Å². The topological polar surface area (TPSA) is 87.2 Å². The van der Waals surface area contributed by atoms with Crippen LogP contribution in [0.25, 0.3) is 0 Å². The lowest BCUT2D eigenvalue weighted by Crippen LogP contribution is -2.49. The van der Waals surface area contributed by atoms with Gasteiger partial charge in [-0.3, -0.25) is 4.90 Å². The molecule has 2 aromatic carbocycles. The molecule has 1 aliphatic heterocycles. The van der Waals surface area contributed by atoms with Crippen LogP contribution in [0.1, 0.15) is 32.8 Å². The summed E-state index contributed by atoms with van der Waals surface area (Å²) in [6, 6.07) is 10.8. The van der Waals surface area contributed by atoms with E-state index in [0.717, 1.165) is 22.7 Å². The fraction of sp³-hybridized carbons (Fsp3) is 0.381. The summed E-state index contributed by atoms with van der Waals surface area (Å²) in [6.45, 7) is 5.31. The molecule has 156 valence electrons. The van der Waals surface area contributed by atoms with Crippen LogP contribution in [0.15, 0.2) is 47.4 Å². The SMILES string of the molecule is CCCc1ccc(N2C(=O)N(C)c3cc(OCC(C)(C)O)ccc3S2(=O)=O)cc1. The van der Waals surface area contributed by atoms with Crippen molar-refractivity contribution in [2.24, 2.45) is 0 Å². The number of benzene rings is 2. The van der Waals surface area contributed by atoms with Gasteiger partial charge in [-0.15, -0.1) is 0 Å². The van der Waals surface area contributed by atoms with Crippen molar-refractivity contribution in [3.8, 4) is 5.75 Å². The molecule has 1 heterocycles. The van der Waals surface area contributed by atoms with Crippen molar-refractivity contribution in [1.82, 2.24) is 0 Å². The van der Waals surface area contributed by atoms with Gasteiger partial charge in [-0.25, -0.2) is 13.2 Å². The molecule has 0 bridgehead atoms. The number of urea groups is 1. The fourth-order valence-corrected chi connectivity index (χ4v) is 4.73. The van der Waals surface area contributed by atoms with Gasteiger partial charge in [0, 0.05) is 13.1 Å². The molecule has 0 radical (unpaired) electrons. The molecule has 0 spiro atoms. The standard InChI is InChI=1S/C21H26N2O5S/c1-5-6-15-7-9-16(10-8-15)23-20(24)22(4)18-13-17(28-14-21(2,3)25)11-12-19(18)29(23,26)27/h7-13,25H,5-6,14H2,1-4H3. The van der Waals surface area contributed by atoms with E-state index in [0.29, 0.717) is 11.4 Å². The Morgan fingerprint density at radius 2 is 1.76 bits per heavy atom. The lowest BCUT2D eigenvalue weighted by atomic mass is 10.1. The number of nitrogens with zero attached hydrogens (tertiary/aromatic N) is 2. The quantitative estimate of drug-likeness (QED) is 0.775. The minimum absolute atomic E-state index is 0.0212. The van der Waals surface area contributed by atoms with Crippen molar-refractivity contribution in [2.45, 2.75) is 44.1 Å². The normalized spacial score (nSPS) is 16.0. The van der Waals surface area contributed by atoms with Crippen LogP contribution < -0.4 is 13.9 Å². The maximum Gasteiger partial charge on any atom is 0.342 e. The number of hydrogen-bond acceptors (Lipinski definition) is 5. The number of hydrogen-bond donors (Lipinski definition) is 1. The minimum Gasteiger partial charge on any atom is -0.491 e. The Bertz CT molecular complexity index is 1010. The number of aliphatic hydroxyl groups is 1. The zero-order valence-corrected chi connectivity index (χ0v) is 17.9. The molecule has 0 saturated carbocycles. The molecule has 0 unspecified atom stereocenters. The van der Waals surface area contributed by atoms with Crippen LogP contribution >= 0.6 is 0 Å². The summed E-state index contributed by atoms with van der Waals surface area (Å²) in [5.41, 5.74) is 0.585.